The number of anilines is 1. The zero-order valence-electron chi connectivity index (χ0n) is 28.2. The number of rotatable bonds is 15. The predicted molar refractivity (Wildman–Crippen MR) is 181 cm³/mol. The van der Waals surface area contributed by atoms with E-state index in [1.165, 1.54) is 19.3 Å². The fourth-order valence-corrected chi connectivity index (χ4v) is 4.98. The normalized spacial score (nSPS) is 12.4. The monoisotopic (exact) mass is 591 g/mol. The van der Waals surface area contributed by atoms with Crippen molar-refractivity contribution < 1.29 is 19.1 Å². The lowest BCUT2D eigenvalue weighted by atomic mass is 9.82. The molecule has 1 saturated carbocycles. The number of amides is 1. The van der Waals surface area contributed by atoms with Gasteiger partial charge in [0.1, 0.15) is 11.5 Å². The first kappa shape index (κ1) is 37.8. The molecule has 2 aromatic carbocycles. The first-order valence-electron chi connectivity index (χ1n) is 16.5. The van der Waals surface area contributed by atoms with Gasteiger partial charge < -0.3 is 10.1 Å². The molecule has 0 spiro atoms. The summed E-state index contributed by atoms with van der Waals surface area (Å²) >= 11 is 0. The van der Waals surface area contributed by atoms with E-state index in [2.05, 4.69) is 33.0 Å². The van der Waals surface area contributed by atoms with Gasteiger partial charge in [-0.1, -0.05) is 83.4 Å². The Bertz CT molecular complexity index is 1170. The summed E-state index contributed by atoms with van der Waals surface area (Å²) in [5.41, 5.74) is 6.64. The minimum absolute atomic E-state index is 0.0923. The summed E-state index contributed by atoms with van der Waals surface area (Å²) < 4.78 is 5.17. The Labute approximate surface area is 261 Å². The highest BCUT2D eigenvalue weighted by molar-refractivity contribution is 5.98. The van der Waals surface area contributed by atoms with Gasteiger partial charge in [0.25, 0.3) is 0 Å². The number of ketones is 2. The first-order chi connectivity index (χ1) is 20.7. The largest absolute Gasteiger partial charge is 0.497 e. The van der Waals surface area contributed by atoms with Crippen LogP contribution in [0.1, 0.15) is 134 Å². The average molecular weight is 592 g/mol. The van der Waals surface area contributed by atoms with Gasteiger partial charge in [0, 0.05) is 36.6 Å². The molecule has 43 heavy (non-hydrogen) atoms. The molecule has 1 unspecified atom stereocenters. The van der Waals surface area contributed by atoms with Crippen molar-refractivity contribution in [3.63, 3.8) is 0 Å². The van der Waals surface area contributed by atoms with E-state index in [1.54, 1.807) is 24.3 Å². The summed E-state index contributed by atoms with van der Waals surface area (Å²) in [5.74, 6) is 1.85. The van der Waals surface area contributed by atoms with Crippen LogP contribution >= 0.6 is 0 Å². The third-order valence-corrected chi connectivity index (χ3v) is 7.97. The maximum absolute atomic E-state index is 12.3. The number of allylic oxidation sites excluding steroid dienone is 2. The second-order valence-corrected chi connectivity index (χ2v) is 11.2. The number of methoxy groups -OCH3 is 1. The fraction of sp³-hybridized carbons (Fsp3) is 0.553. The van der Waals surface area contributed by atoms with Gasteiger partial charge in [-0.15, -0.1) is 0 Å². The lowest BCUT2D eigenvalue weighted by Gasteiger charge is -2.23. The molecule has 0 aromatic heterocycles. The standard InChI is InChI=1S/C22H27NO3.C14H24O.C2H6/c1-4-6-10-21(24)20-12-11-16(13-17(20)5-2)14-22(25)23-18-8-7-9-19(15-18)26-3;1-4-6-14(15)10-9-11(2)12(3)13-7-5-8-13;1-2/h7-9,11-13,15H,4-6,10,14H2,1-3H3,(H,23,25);11H,4-10H2,1-3H3;1-2H3. The highest BCUT2D eigenvalue weighted by Crippen LogP contribution is 2.33. The summed E-state index contributed by atoms with van der Waals surface area (Å²) in [6.45, 7) is 14.7. The number of Topliss-reactive ketones (excluding diaryl/α,β-unsaturated/α-hetero) is 2. The molecule has 0 aliphatic heterocycles. The molecule has 238 valence electrons. The molecule has 0 heterocycles. The lowest BCUT2D eigenvalue weighted by molar-refractivity contribution is -0.119. The van der Waals surface area contributed by atoms with E-state index in [0.717, 1.165) is 61.6 Å². The quantitative estimate of drug-likeness (QED) is 0.165. The highest BCUT2D eigenvalue weighted by Gasteiger charge is 2.16. The Morgan fingerprint density at radius 2 is 1.65 bits per heavy atom. The summed E-state index contributed by atoms with van der Waals surface area (Å²) in [4.78, 5) is 36.1. The van der Waals surface area contributed by atoms with E-state index < -0.39 is 0 Å². The van der Waals surface area contributed by atoms with Crippen LogP contribution in [0.15, 0.2) is 53.6 Å². The number of benzene rings is 2. The molecule has 1 fully saturated rings. The van der Waals surface area contributed by atoms with Crippen LogP contribution in [0, 0.1) is 5.92 Å². The Balaban J connectivity index is 0.000000462. The third-order valence-electron chi connectivity index (χ3n) is 7.97. The van der Waals surface area contributed by atoms with Crippen LogP contribution in [-0.2, 0) is 22.4 Å². The van der Waals surface area contributed by atoms with Crippen LogP contribution in [-0.4, -0.2) is 24.6 Å². The lowest BCUT2D eigenvalue weighted by Crippen LogP contribution is -2.15. The topological polar surface area (TPSA) is 72.5 Å². The molecule has 3 rings (SSSR count). The van der Waals surface area contributed by atoms with E-state index in [9.17, 15) is 14.4 Å². The molecule has 1 aliphatic carbocycles. The molecule has 1 N–H and O–H groups in total. The maximum Gasteiger partial charge on any atom is 0.228 e. The molecule has 2 aromatic rings. The van der Waals surface area contributed by atoms with E-state index in [4.69, 9.17) is 4.74 Å². The Kier molecular flexibility index (Phi) is 18.9. The van der Waals surface area contributed by atoms with Crippen molar-refractivity contribution in [2.45, 2.75) is 126 Å². The van der Waals surface area contributed by atoms with Crippen LogP contribution < -0.4 is 10.1 Å². The van der Waals surface area contributed by atoms with Crippen molar-refractivity contribution in [2.24, 2.45) is 5.92 Å². The maximum atomic E-state index is 12.3. The molecule has 5 nitrogen and oxygen atoms in total. The first-order valence-corrected chi connectivity index (χ1v) is 16.5. The summed E-state index contributed by atoms with van der Waals surface area (Å²) in [7, 11) is 1.59. The van der Waals surface area contributed by atoms with Gasteiger partial charge in [0.15, 0.2) is 5.78 Å². The molecule has 0 bridgehead atoms. The van der Waals surface area contributed by atoms with Gasteiger partial charge in [-0.05, 0) is 81.0 Å². The molecule has 0 saturated heterocycles. The second kappa shape index (κ2) is 21.5. The smallest absolute Gasteiger partial charge is 0.228 e. The van der Waals surface area contributed by atoms with Crippen molar-refractivity contribution in [3.05, 3.63) is 70.3 Å². The van der Waals surface area contributed by atoms with E-state index in [-0.39, 0.29) is 18.1 Å². The van der Waals surface area contributed by atoms with Crippen LogP contribution in [0.3, 0.4) is 0 Å². The van der Waals surface area contributed by atoms with Gasteiger partial charge >= 0.3 is 0 Å². The highest BCUT2D eigenvalue weighted by atomic mass is 16.5. The van der Waals surface area contributed by atoms with Crippen molar-refractivity contribution in [2.75, 3.05) is 12.4 Å². The van der Waals surface area contributed by atoms with Crippen molar-refractivity contribution in [3.8, 4) is 5.75 Å². The zero-order chi connectivity index (χ0) is 32.2. The van der Waals surface area contributed by atoms with Gasteiger partial charge in [-0.25, -0.2) is 0 Å². The molecule has 1 atom stereocenters. The Hall–Kier alpha value is -3.21. The summed E-state index contributed by atoms with van der Waals surface area (Å²) in [6.07, 6.45) is 11.1. The van der Waals surface area contributed by atoms with E-state index in [1.807, 2.05) is 57.2 Å². The number of aryl methyl sites for hydroxylation is 1. The fourth-order valence-electron chi connectivity index (χ4n) is 4.98. The van der Waals surface area contributed by atoms with Gasteiger partial charge in [-0.3, -0.25) is 14.4 Å². The number of hydrogen-bond acceptors (Lipinski definition) is 4. The van der Waals surface area contributed by atoms with Crippen LogP contribution in [0.5, 0.6) is 5.75 Å². The van der Waals surface area contributed by atoms with Crippen LogP contribution in [0.4, 0.5) is 5.69 Å². The minimum atomic E-state index is -0.0923. The number of hydrogen-bond donors (Lipinski definition) is 1. The number of carbonyl (C=O) groups is 3. The molecule has 5 heteroatoms. The number of carbonyl (C=O) groups excluding carboxylic acids is 3. The Morgan fingerprint density at radius 3 is 2.23 bits per heavy atom. The van der Waals surface area contributed by atoms with Crippen LogP contribution in [0.25, 0.3) is 0 Å². The minimum Gasteiger partial charge on any atom is -0.497 e. The predicted octanol–water partition coefficient (Wildman–Crippen LogP) is 10.1. The van der Waals surface area contributed by atoms with Crippen molar-refractivity contribution in [1.82, 2.24) is 0 Å². The van der Waals surface area contributed by atoms with Gasteiger partial charge in [0.05, 0.1) is 13.5 Å². The number of nitrogens with one attached hydrogen (secondary N) is 1. The Morgan fingerprint density at radius 1 is 0.930 bits per heavy atom. The molecular formula is C38H57NO4. The second-order valence-electron chi connectivity index (χ2n) is 11.2. The summed E-state index contributed by atoms with van der Waals surface area (Å²) in [6, 6.07) is 13.0. The van der Waals surface area contributed by atoms with E-state index in [0.29, 0.717) is 29.6 Å². The average Bonchev–Trinajstić information content (AvgIpc) is 2.99. The third kappa shape index (κ3) is 13.8. The van der Waals surface area contributed by atoms with Crippen molar-refractivity contribution >= 4 is 23.2 Å². The number of ether oxygens (including phenoxy) is 1. The van der Waals surface area contributed by atoms with E-state index >= 15 is 0 Å². The number of unbranched alkanes of at least 4 members (excludes halogenated alkanes) is 1. The zero-order valence-corrected chi connectivity index (χ0v) is 28.2. The molecule has 0 radical (unpaired) electrons. The van der Waals surface area contributed by atoms with Crippen molar-refractivity contribution in [1.29, 1.82) is 0 Å². The molecular weight excluding hydrogens is 534 g/mol. The summed E-state index contributed by atoms with van der Waals surface area (Å²) in [5, 5.41) is 2.88. The van der Waals surface area contributed by atoms with Crippen LogP contribution in [0.2, 0.25) is 0 Å². The van der Waals surface area contributed by atoms with Gasteiger partial charge in [0.2, 0.25) is 5.91 Å². The molecule has 1 amide bonds. The SMILES string of the molecule is CC.CCCC(=O)CCC(C)C(C)=C1CCC1.CCCCC(=O)c1ccc(CC(=O)Nc2cccc(OC)c2)cc1CC. The molecule has 1 aliphatic rings. The van der Waals surface area contributed by atoms with Gasteiger partial charge in [-0.2, -0.15) is 0 Å².